The van der Waals surface area contributed by atoms with Crippen LogP contribution in [0.5, 0.6) is 0 Å². The van der Waals surface area contributed by atoms with Gasteiger partial charge in [-0.05, 0) is 57.9 Å². The molecule has 1 saturated heterocycles. The Morgan fingerprint density at radius 1 is 1.29 bits per heavy atom. The van der Waals surface area contributed by atoms with Gasteiger partial charge in [0.1, 0.15) is 11.9 Å². The van der Waals surface area contributed by atoms with Gasteiger partial charge in [0.05, 0.1) is 11.5 Å². The molecule has 1 aliphatic rings. The van der Waals surface area contributed by atoms with Crippen LogP contribution in [0.4, 0.5) is 11.5 Å². The average Bonchev–Trinajstić information content (AvgIpc) is 3.21. The van der Waals surface area contributed by atoms with Gasteiger partial charge in [-0.15, -0.1) is 0 Å². The van der Waals surface area contributed by atoms with Gasteiger partial charge in [-0.1, -0.05) is 12.1 Å². The van der Waals surface area contributed by atoms with Crippen LogP contribution in [-0.2, 0) is 15.1 Å². The van der Waals surface area contributed by atoms with Crippen molar-refractivity contribution in [1.29, 1.82) is 5.26 Å². The highest BCUT2D eigenvalue weighted by Crippen LogP contribution is 2.31. The molecule has 1 aromatic heterocycles. The lowest BCUT2D eigenvalue weighted by molar-refractivity contribution is -0.122. The molecule has 2 aromatic rings. The topological polar surface area (TPSA) is 78.1 Å². The summed E-state index contributed by atoms with van der Waals surface area (Å²) >= 11 is 0. The molecule has 1 atom stereocenters. The minimum atomic E-state index is -0.429. The lowest BCUT2D eigenvalue weighted by Crippen LogP contribution is -2.30. The van der Waals surface area contributed by atoms with Gasteiger partial charge in [0, 0.05) is 30.4 Å². The number of hydrogen-bond acceptors (Lipinski definition) is 3. The van der Waals surface area contributed by atoms with Gasteiger partial charge in [-0.25, -0.2) is 0 Å². The van der Waals surface area contributed by atoms with Crippen LogP contribution in [-0.4, -0.2) is 22.9 Å². The lowest BCUT2D eigenvalue weighted by atomic mass is 10.1. The number of hydrogen-bond donors (Lipinski definition) is 1. The molecule has 3 rings (SSSR count). The van der Waals surface area contributed by atoms with E-state index in [1.165, 1.54) is 0 Å². The maximum absolute atomic E-state index is 12.9. The van der Waals surface area contributed by atoms with Gasteiger partial charge < -0.3 is 14.8 Å². The SMILES string of the molecule is Cc1cccc(N2C[C@@H](C(=O)Nc3cc(C#N)cn3C(C)(C)C)CC2=O)c1C. The van der Waals surface area contributed by atoms with Gasteiger partial charge >= 0.3 is 0 Å². The minimum absolute atomic E-state index is 0.0437. The fourth-order valence-corrected chi connectivity index (χ4v) is 3.55. The normalized spacial score (nSPS) is 16.9. The van der Waals surface area contributed by atoms with Crippen LogP contribution in [0.3, 0.4) is 0 Å². The summed E-state index contributed by atoms with van der Waals surface area (Å²) in [4.78, 5) is 27.2. The summed E-state index contributed by atoms with van der Waals surface area (Å²) in [5, 5.41) is 12.1. The van der Waals surface area contributed by atoms with Crippen molar-refractivity contribution in [2.24, 2.45) is 5.92 Å². The smallest absolute Gasteiger partial charge is 0.230 e. The summed E-state index contributed by atoms with van der Waals surface area (Å²) in [5.41, 5.74) is 3.24. The highest BCUT2D eigenvalue weighted by atomic mass is 16.2. The van der Waals surface area contributed by atoms with Crippen LogP contribution in [0.15, 0.2) is 30.5 Å². The van der Waals surface area contributed by atoms with E-state index in [2.05, 4.69) is 11.4 Å². The average molecular weight is 378 g/mol. The fraction of sp³-hybridized carbons (Fsp3) is 0.409. The summed E-state index contributed by atoms with van der Waals surface area (Å²) in [6.45, 7) is 10.4. The number of nitriles is 1. The van der Waals surface area contributed by atoms with E-state index in [1.54, 1.807) is 17.2 Å². The van der Waals surface area contributed by atoms with E-state index in [0.717, 1.165) is 16.8 Å². The number of nitrogens with one attached hydrogen (secondary N) is 1. The van der Waals surface area contributed by atoms with Crippen molar-refractivity contribution in [2.45, 2.75) is 46.6 Å². The monoisotopic (exact) mass is 378 g/mol. The van der Waals surface area contributed by atoms with Gasteiger partial charge in [0.25, 0.3) is 0 Å². The van der Waals surface area contributed by atoms with Crippen molar-refractivity contribution < 1.29 is 9.59 Å². The fourth-order valence-electron chi connectivity index (χ4n) is 3.55. The van der Waals surface area contributed by atoms with Crippen LogP contribution in [0.2, 0.25) is 0 Å². The van der Waals surface area contributed by atoms with Crippen LogP contribution in [0.25, 0.3) is 0 Å². The second-order valence-electron chi connectivity index (χ2n) is 8.38. The van der Waals surface area contributed by atoms with Gasteiger partial charge in [-0.3, -0.25) is 9.59 Å². The summed E-state index contributed by atoms with van der Waals surface area (Å²) < 4.78 is 1.88. The number of carbonyl (C=O) groups excluding carboxylic acids is 2. The second kappa shape index (κ2) is 7.16. The summed E-state index contributed by atoms with van der Waals surface area (Å²) in [7, 11) is 0. The van der Waals surface area contributed by atoms with E-state index in [9.17, 15) is 14.9 Å². The third kappa shape index (κ3) is 3.65. The minimum Gasteiger partial charge on any atom is -0.328 e. The molecule has 6 nitrogen and oxygen atoms in total. The van der Waals surface area contributed by atoms with Gasteiger partial charge in [0.2, 0.25) is 11.8 Å². The Morgan fingerprint density at radius 2 is 2.00 bits per heavy atom. The summed E-state index contributed by atoms with van der Waals surface area (Å²) in [5.74, 6) is -0.0973. The van der Waals surface area contributed by atoms with Crippen molar-refractivity contribution in [2.75, 3.05) is 16.8 Å². The number of aryl methyl sites for hydroxylation is 1. The molecule has 2 heterocycles. The number of amides is 2. The predicted octanol–water partition coefficient (Wildman–Crippen LogP) is 3.72. The number of rotatable bonds is 3. The molecule has 0 bridgehead atoms. The first kappa shape index (κ1) is 19.7. The zero-order valence-corrected chi connectivity index (χ0v) is 17.0. The first-order valence-electron chi connectivity index (χ1n) is 9.42. The molecule has 2 amide bonds. The first-order chi connectivity index (χ1) is 13.1. The Morgan fingerprint density at radius 3 is 2.64 bits per heavy atom. The third-order valence-electron chi connectivity index (χ3n) is 5.29. The molecule has 0 radical (unpaired) electrons. The van der Waals surface area contributed by atoms with E-state index >= 15 is 0 Å². The van der Waals surface area contributed by atoms with E-state index in [0.29, 0.717) is 17.9 Å². The molecule has 1 aromatic carbocycles. The van der Waals surface area contributed by atoms with Crippen molar-refractivity contribution >= 4 is 23.3 Å². The molecule has 1 aliphatic heterocycles. The number of benzene rings is 1. The lowest BCUT2D eigenvalue weighted by Gasteiger charge is -2.25. The number of carbonyl (C=O) groups is 2. The molecular weight excluding hydrogens is 352 g/mol. The quantitative estimate of drug-likeness (QED) is 0.884. The van der Waals surface area contributed by atoms with Crippen LogP contribution in [0, 0.1) is 31.1 Å². The maximum atomic E-state index is 12.9. The molecule has 1 fully saturated rings. The third-order valence-corrected chi connectivity index (χ3v) is 5.29. The summed E-state index contributed by atoms with van der Waals surface area (Å²) in [6.07, 6.45) is 1.92. The standard InChI is InChI=1S/C22H26N4O2/c1-14-7-6-8-18(15(14)2)25-13-17(10-20(25)27)21(28)24-19-9-16(11-23)12-26(19)22(3,4)5/h6-9,12,17H,10,13H2,1-5H3,(H,24,28)/t17-/m0/s1. The Hall–Kier alpha value is -3.07. The Labute approximate surface area is 165 Å². The van der Waals surface area contributed by atoms with E-state index < -0.39 is 5.92 Å². The highest BCUT2D eigenvalue weighted by Gasteiger charge is 2.36. The molecule has 0 saturated carbocycles. The molecule has 6 heteroatoms. The predicted molar refractivity (Wildman–Crippen MR) is 109 cm³/mol. The second-order valence-corrected chi connectivity index (χ2v) is 8.38. The molecular formula is C22H26N4O2. The Balaban J connectivity index is 1.80. The zero-order chi connectivity index (χ0) is 20.6. The highest BCUT2D eigenvalue weighted by molar-refractivity contribution is 6.03. The van der Waals surface area contributed by atoms with E-state index in [1.807, 2.05) is 57.4 Å². The molecule has 0 spiro atoms. The van der Waals surface area contributed by atoms with Crippen molar-refractivity contribution in [3.8, 4) is 6.07 Å². The first-order valence-corrected chi connectivity index (χ1v) is 9.42. The van der Waals surface area contributed by atoms with Crippen LogP contribution in [0.1, 0.15) is 43.9 Å². The summed E-state index contributed by atoms with van der Waals surface area (Å²) in [6, 6.07) is 9.64. The van der Waals surface area contributed by atoms with Crippen LogP contribution < -0.4 is 10.2 Å². The zero-order valence-electron chi connectivity index (χ0n) is 17.0. The molecule has 28 heavy (non-hydrogen) atoms. The number of anilines is 2. The molecule has 146 valence electrons. The molecule has 1 N–H and O–H groups in total. The van der Waals surface area contributed by atoms with E-state index in [-0.39, 0.29) is 23.8 Å². The number of nitrogens with zero attached hydrogens (tertiary/aromatic N) is 3. The number of aromatic nitrogens is 1. The Bertz CT molecular complexity index is 975. The molecule has 0 unspecified atom stereocenters. The van der Waals surface area contributed by atoms with Crippen molar-refractivity contribution in [3.05, 3.63) is 47.2 Å². The Kier molecular flexibility index (Phi) is 5.03. The van der Waals surface area contributed by atoms with Gasteiger partial charge in [-0.2, -0.15) is 5.26 Å². The van der Waals surface area contributed by atoms with E-state index in [4.69, 9.17) is 0 Å². The largest absolute Gasteiger partial charge is 0.328 e. The maximum Gasteiger partial charge on any atom is 0.230 e. The van der Waals surface area contributed by atoms with Gasteiger partial charge in [0.15, 0.2) is 0 Å². The van der Waals surface area contributed by atoms with Crippen LogP contribution >= 0.6 is 0 Å². The molecule has 0 aliphatic carbocycles. The van der Waals surface area contributed by atoms with Crippen molar-refractivity contribution in [3.63, 3.8) is 0 Å². The van der Waals surface area contributed by atoms with Crippen molar-refractivity contribution in [1.82, 2.24) is 4.57 Å².